The number of rotatable bonds is 5. The van der Waals surface area contributed by atoms with Crippen LogP contribution in [0.5, 0.6) is 0 Å². The van der Waals surface area contributed by atoms with Crippen LogP contribution in [0.3, 0.4) is 0 Å². The highest BCUT2D eigenvalue weighted by molar-refractivity contribution is 9.21. The summed E-state index contributed by atoms with van der Waals surface area (Å²) in [5, 5.41) is 0. The standard InChI is InChI=1S/C20H11Br2NO4/c21-23(22)17-16(19(26)13-9-5-2-6-10-13)15(24)11-14(20(17)27)18(25)12-7-3-1-4-8-12/h1-11H. The summed E-state index contributed by atoms with van der Waals surface area (Å²) in [4.78, 5) is 51.1. The van der Waals surface area contributed by atoms with Crippen molar-refractivity contribution in [1.82, 2.24) is 2.95 Å². The number of allylic oxidation sites excluding steroid dienone is 3. The first-order valence-electron chi connectivity index (χ1n) is 7.78. The molecule has 0 heterocycles. The van der Waals surface area contributed by atoms with E-state index >= 15 is 0 Å². The second-order valence-electron chi connectivity index (χ2n) is 5.60. The van der Waals surface area contributed by atoms with Crippen LogP contribution in [0.15, 0.2) is 83.6 Å². The summed E-state index contributed by atoms with van der Waals surface area (Å²) >= 11 is 6.09. The third kappa shape index (κ3) is 3.74. The summed E-state index contributed by atoms with van der Waals surface area (Å²) in [6.45, 7) is 0. The topological polar surface area (TPSA) is 71.5 Å². The van der Waals surface area contributed by atoms with Gasteiger partial charge in [-0.1, -0.05) is 60.7 Å². The molecule has 3 rings (SSSR count). The average molecular weight is 489 g/mol. The van der Waals surface area contributed by atoms with Gasteiger partial charge in [-0.05, 0) is 0 Å². The summed E-state index contributed by atoms with van der Waals surface area (Å²) in [6, 6.07) is 16.3. The van der Waals surface area contributed by atoms with Crippen LogP contribution in [-0.2, 0) is 9.59 Å². The molecule has 0 bridgehead atoms. The smallest absolute Gasteiger partial charge is 0.215 e. The first-order chi connectivity index (χ1) is 12.9. The van der Waals surface area contributed by atoms with Gasteiger partial charge in [0.2, 0.25) is 5.78 Å². The zero-order chi connectivity index (χ0) is 19.6. The van der Waals surface area contributed by atoms with Crippen molar-refractivity contribution in [2.24, 2.45) is 0 Å². The second kappa shape index (κ2) is 7.94. The average Bonchev–Trinajstić information content (AvgIpc) is 2.69. The lowest BCUT2D eigenvalue weighted by atomic mass is 9.86. The summed E-state index contributed by atoms with van der Waals surface area (Å²) in [6.07, 6.45) is 0.931. The Labute approximate surface area is 172 Å². The van der Waals surface area contributed by atoms with Crippen molar-refractivity contribution in [3.8, 4) is 0 Å². The number of ketones is 4. The molecule has 27 heavy (non-hydrogen) atoms. The van der Waals surface area contributed by atoms with Crippen molar-refractivity contribution < 1.29 is 19.2 Å². The Kier molecular flexibility index (Phi) is 5.62. The molecule has 134 valence electrons. The second-order valence-corrected chi connectivity index (χ2v) is 7.97. The number of carbonyl (C=O) groups excluding carboxylic acids is 4. The van der Waals surface area contributed by atoms with Gasteiger partial charge >= 0.3 is 0 Å². The van der Waals surface area contributed by atoms with Crippen LogP contribution in [0.2, 0.25) is 0 Å². The van der Waals surface area contributed by atoms with Gasteiger partial charge in [0.1, 0.15) is 5.70 Å². The molecule has 0 aromatic heterocycles. The molecule has 0 saturated heterocycles. The van der Waals surface area contributed by atoms with Gasteiger partial charge in [0, 0.05) is 17.2 Å². The van der Waals surface area contributed by atoms with Crippen molar-refractivity contribution >= 4 is 55.4 Å². The number of halogens is 2. The highest BCUT2D eigenvalue weighted by Gasteiger charge is 2.37. The Morgan fingerprint density at radius 2 is 1.22 bits per heavy atom. The van der Waals surface area contributed by atoms with Crippen LogP contribution >= 0.6 is 32.3 Å². The van der Waals surface area contributed by atoms with Gasteiger partial charge in [-0.25, -0.2) is 2.95 Å². The zero-order valence-electron chi connectivity index (χ0n) is 13.7. The van der Waals surface area contributed by atoms with Crippen LogP contribution in [0.1, 0.15) is 20.7 Å². The van der Waals surface area contributed by atoms with Crippen molar-refractivity contribution in [1.29, 1.82) is 0 Å². The molecule has 2 aromatic rings. The lowest BCUT2D eigenvalue weighted by Crippen LogP contribution is -2.30. The molecule has 0 N–H and O–H groups in total. The molecule has 0 unspecified atom stereocenters. The number of benzene rings is 2. The summed E-state index contributed by atoms with van der Waals surface area (Å²) in [5.41, 5.74) is -0.313. The molecule has 0 aliphatic heterocycles. The number of hydrogen-bond acceptors (Lipinski definition) is 5. The predicted molar refractivity (Wildman–Crippen MR) is 106 cm³/mol. The SMILES string of the molecule is O=C1C=C(C(=O)c2ccccc2)C(=O)C(N(Br)Br)=C1C(=O)c1ccccc1. The molecule has 0 fully saturated rings. The molecule has 0 radical (unpaired) electrons. The monoisotopic (exact) mass is 487 g/mol. The molecule has 0 saturated carbocycles. The van der Waals surface area contributed by atoms with Gasteiger partial charge < -0.3 is 0 Å². The van der Waals surface area contributed by atoms with Crippen molar-refractivity contribution in [3.63, 3.8) is 0 Å². The van der Waals surface area contributed by atoms with Gasteiger partial charge in [-0.3, -0.25) is 19.2 Å². The zero-order valence-corrected chi connectivity index (χ0v) is 16.9. The van der Waals surface area contributed by atoms with E-state index in [2.05, 4.69) is 32.3 Å². The highest BCUT2D eigenvalue weighted by Crippen LogP contribution is 2.31. The fourth-order valence-electron chi connectivity index (χ4n) is 2.65. The maximum absolute atomic E-state index is 12.9. The maximum Gasteiger partial charge on any atom is 0.215 e. The van der Waals surface area contributed by atoms with Gasteiger partial charge in [0.05, 0.1) is 43.4 Å². The third-order valence-electron chi connectivity index (χ3n) is 3.93. The maximum atomic E-state index is 12.9. The van der Waals surface area contributed by atoms with Crippen LogP contribution < -0.4 is 0 Å². The lowest BCUT2D eigenvalue weighted by molar-refractivity contribution is -0.115. The molecular weight excluding hydrogens is 478 g/mol. The van der Waals surface area contributed by atoms with Crippen molar-refractivity contribution in [2.45, 2.75) is 0 Å². The van der Waals surface area contributed by atoms with Gasteiger partial charge in [0.25, 0.3) is 0 Å². The van der Waals surface area contributed by atoms with E-state index in [1.165, 1.54) is 0 Å². The van der Waals surface area contributed by atoms with E-state index < -0.39 is 23.1 Å². The molecule has 1 aliphatic carbocycles. The molecule has 5 nitrogen and oxygen atoms in total. The van der Waals surface area contributed by atoms with Crippen molar-refractivity contribution in [2.75, 3.05) is 0 Å². The van der Waals surface area contributed by atoms with E-state index in [1.807, 2.05) is 0 Å². The van der Waals surface area contributed by atoms with E-state index in [1.54, 1.807) is 60.7 Å². The normalized spacial score (nSPS) is 14.1. The third-order valence-corrected chi connectivity index (χ3v) is 4.64. The molecular formula is C20H11Br2NO4. The Bertz CT molecular complexity index is 1010. The minimum absolute atomic E-state index is 0.240. The Morgan fingerprint density at radius 3 is 1.70 bits per heavy atom. The van der Waals surface area contributed by atoms with Crippen LogP contribution in [0.4, 0.5) is 0 Å². The molecule has 0 amide bonds. The van der Waals surface area contributed by atoms with Crippen molar-refractivity contribution in [3.05, 3.63) is 94.7 Å². The van der Waals surface area contributed by atoms with E-state index in [-0.39, 0.29) is 28.0 Å². The lowest BCUT2D eigenvalue weighted by Gasteiger charge is -2.20. The number of Topliss-reactive ketones (excluding diaryl/α,β-unsaturated/α-hetero) is 3. The fourth-order valence-corrected chi connectivity index (χ4v) is 3.33. The number of carbonyl (C=O) groups is 4. The largest absolute Gasteiger partial charge is 0.289 e. The first-order valence-corrected chi connectivity index (χ1v) is 9.20. The van der Waals surface area contributed by atoms with Gasteiger partial charge in [-0.2, -0.15) is 0 Å². The van der Waals surface area contributed by atoms with Crippen LogP contribution in [0.25, 0.3) is 0 Å². The Balaban J connectivity index is 2.07. The molecule has 2 aromatic carbocycles. The van der Waals surface area contributed by atoms with Crippen LogP contribution in [-0.4, -0.2) is 26.1 Å². The predicted octanol–water partition coefficient (Wildman–Crippen LogP) is 4.01. The van der Waals surface area contributed by atoms with Gasteiger partial charge in [0.15, 0.2) is 17.3 Å². The van der Waals surface area contributed by atoms with E-state index in [0.717, 1.165) is 9.03 Å². The fraction of sp³-hybridized carbons (Fsp3) is 0. The minimum atomic E-state index is -0.725. The van der Waals surface area contributed by atoms with E-state index in [0.29, 0.717) is 0 Å². The first kappa shape index (κ1) is 19.1. The molecule has 1 aliphatic rings. The molecule has 7 heteroatoms. The summed E-state index contributed by atoms with van der Waals surface area (Å²) in [5.74, 6) is -2.62. The Hall–Kier alpha value is -2.64. The Morgan fingerprint density at radius 1 is 0.741 bits per heavy atom. The molecule has 0 spiro atoms. The van der Waals surface area contributed by atoms with E-state index in [9.17, 15) is 19.2 Å². The van der Waals surface area contributed by atoms with Gasteiger partial charge in [-0.15, -0.1) is 0 Å². The number of hydrogen-bond donors (Lipinski definition) is 0. The van der Waals surface area contributed by atoms with E-state index in [4.69, 9.17) is 0 Å². The van der Waals surface area contributed by atoms with Crippen LogP contribution in [0, 0.1) is 0 Å². The highest BCUT2D eigenvalue weighted by atomic mass is 79.9. The molecule has 0 atom stereocenters. The number of nitrogens with zero attached hydrogens (tertiary/aromatic N) is 1. The quantitative estimate of drug-likeness (QED) is 0.275. The summed E-state index contributed by atoms with van der Waals surface area (Å²) < 4.78 is 1.03. The minimum Gasteiger partial charge on any atom is -0.289 e. The summed E-state index contributed by atoms with van der Waals surface area (Å²) in [7, 11) is 0.